The van der Waals surface area contributed by atoms with Crippen LogP contribution in [0.3, 0.4) is 0 Å². The van der Waals surface area contributed by atoms with E-state index in [0.717, 1.165) is 43.8 Å². The summed E-state index contributed by atoms with van der Waals surface area (Å²) < 4.78 is 7.28. The first-order valence-corrected chi connectivity index (χ1v) is 9.40. The maximum Gasteiger partial charge on any atom is 0.156 e. The number of hydrogen-bond donors (Lipinski definition) is 1. The number of nitrogens with one attached hydrogen (secondary N) is 1. The van der Waals surface area contributed by atoms with E-state index >= 15 is 0 Å². The van der Waals surface area contributed by atoms with Crippen LogP contribution in [0.15, 0.2) is 58.7 Å². The molecule has 3 aromatic heterocycles. The molecule has 0 saturated carbocycles. The van der Waals surface area contributed by atoms with Gasteiger partial charge in [0.25, 0.3) is 0 Å². The molecule has 26 heavy (non-hydrogen) atoms. The van der Waals surface area contributed by atoms with Gasteiger partial charge in [-0.3, -0.25) is 4.40 Å². The van der Waals surface area contributed by atoms with E-state index in [1.807, 2.05) is 50.4 Å². The summed E-state index contributed by atoms with van der Waals surface area (Å²) >= 11 is 8.04. The van der Waals surface area contributed by atoms with Crippen LogP contribution in [0.1, 0.15) is 11.3 Å². The number of H-pyrrole nitrogens is 1. The van der Waals surface area contributed by atoms with Crippen molar-refractivity contribution in [3.8, 4) is 17.0 Å². The highest BCUT2D eigenvalue weighted by atomic mass is 35.5. The Bertz CT molecular complexity index is 1080. The molecule has 4 rings (SSSR count). The second kappa shape index (κ2) is 6.74. The first-order valence-electron chi connectivity index (χ1n) is 8.20. The van der Waals surface area contributed by atoms with Crippen LogP contribution in [0.2, 0.25) is 5.02 Å². The molecule has 4 aromatic rings. The van der Waals surface area contributed by atoms with Crippen LogP contribution in [0.25, 0.3) is 16.9 Å². The molecule has 4 nitrogen and oxygen atoms in total. The number of halogens is 1. The zero-order valence-electron chi connectivity index (χ0n) is 14.7. The van der Waals surface area contributed by atoms with Crippen molar-refractivity contribution in [2.24, 2.45) is 0 Å². The predicted octanol–water partition coefficient (Wildman–Crippen LogP) is 5.76. The molecule has 0 fully saturated rings. The van der Waals surface area contributed by atoms with Gasteiger partial charge in [0.05, 0.1) is 28.5 Å². The van der Waals surface area contributed by atoms with Crippen molar-refractivity contribution < 1.29 is 4.74 Å². The van der Waals surface area contributed by atoms with Crippen LogP contribution in [-0.2, 0) is 0 Å². The summed E-state index contributed by atoms with van der Waals surface area (Å²) in [5, 5.41) is 1.74. The van der Waals surface area contributed by atoms with Gasteiger partial charge in [-0.25, -0.2) is 4.98 Å². The molecule has 0 unspecified atom stereocenters. The fourth-order valence-electron chi connectivity index (χ4n) is 3.03. The topological polar surface area (TPSA) is 42.3 Å². The van der Waals surface area contributed by atoms with Crippen molar-refractivity contribution in [3.05, 3.63) is 65.1 Å². The maximum absolute atomic E-state index is 6.37. The molecule has 6 heteroatoms. The highest BCUT2D eigenvalue weighted by Crippen LogP contribution is 2.34. The van der Waals surface area contributed by atoms with Crippen LogP contribution < -0.4 is 4.74 Å². The lowest BCUT2D eigenvalue weighted by Crippen LogP contribution is -1.90. The molecule has 3 heterocycles. The Balaban J connectivity index is 1.69. The number of aromatic nitrogens is 3. The van der Waals surface area contributed by atoms with E-state index in [1.165, 1.54) is 0 Å². The quantitative estimate of drug-likeness (QED) is 0.487. The molecule has 132 valence electrons. The van der Waals surface area contributed by atoms with Crippen molar-refractivity contribution in [3.63, 3.8) is 0 Å². The average Bonchev–Trinajstić information content (AvgIpc) is 3.19. The summed E-state index contributed by atoms with van der Waals surface area (Å²) in [6, 6.07) is 12.1. The molecule has 1 N–H and O–H groups in total. The Kier molecular flexibility index (Phi) is 4.42. The molecule has 0 bridgehead atoms. The fraction of sp³-hybridized carbons (Fsp3) is 0.150. The highest BCUT2D eigenvalue weighted by Gasteiger charge is 2.15. The summed E-state index contributed by atoms with van der Waals surface area (Å²) in [5.41, 5.74) is 4.99. The Labute approximate surface area is 161 Å². The second-order valence-electron chi connectivity index (χ2n) is 6.14. The number of methoxy groups -OCH3 is 1. The molecule has 0 aliphatic heterocycles. The number of pyridine rings is 1. The van der Waals surface area contributed by atoms with E-state index < -0.39 is 0 Å². The zero-order valence-corrected chi connectivity index (χ0v) is 16.3. The van der Waals surface area contributed by atoms with Crippen molar-refractivity contribution in [2.75, 3.05) is 7.11 Å². The Morgan fingerprint density at radius 1 is 1.15 bits per heavy atom. The standard InChI is InChI=1S/C20H18ClN3OS/c1-12-8-17(21)20-23-13(2)19(24(20)11-12)14-9-18(22-10-14)26-16-6-4-15(25-3)5-7-16/h4-11,22H,1-3H3. The molecule has 0 radical (unpaired) electrons. The third-order valence-electron chi connectivity index (χ3n) is 4.20. The van der Waals surface area contributed by atoms with E-state index in [2.05, 4.69) is 26.6 Å². The lowest BCUT2D eigenvalue weighted by molar-refractivity contribution is 0.414. The van der Waals surface area contributed by atoms with Crippen LogP contribution in [0, 0.1) is 13.8 Å². The molecule has 0 aliphatic carbocycles. The molecular formula is C20H18ClN3OS. The van der Waals surface area contributed by atoms with Gasteiger partial charge in [-0.05, 0) is 55.8 Å². The van der Waals surface area contributed by atoms with Crippen molar-refractivity contribution >= 4 is 29.0 Å². The average molecular weight is 384 g/mol. The molecule has 0 amide bonds. The molecule has 0 spiro atoms. The van der Waals surface area contributed by atoms with Gasteiger partial charge >= 0.3 is 0 Å². The van der Waals surface area contributed by atoms with Crippen LogP contribution in [0.4, 0.5) is 0 Å². The van der Waals surface area contributed by atoms with Gasteiger partial charge in [0, 0.05) is 22.9 Å². The highest BCUT2D eigenvalue weighted by molar-refractivity contribution is 7.99. The van der Waals surface area contributed by atoms with E-state index in [0.29, 0.717) is 5.02 Å². The first-order chi connectivity index (χ1) is 12.5. The largest absolute Gasteiger partial charge is 0.497 e. The summed E-state index contributed by atoms with van der Waals surface area (Å²) in [7, 11) is 1.67. The first kappa shape index (κ1) is 17.1. The summed E-state index contributed by atoms with van der Waals surface area (Å²) in [6.45, 7) is 4.05. The molecule has 1 aromatic carbocycles. The van der Waals surface area contributed by atoms with Gasteiger partial charge < -0.3 is 9.72 Å². The van der Waals surface area contributed by atoms with Crippen LogP contribution in [-0.4, -0.2) is 21.5 Å². The van der Waals surface area contributed by atoms with E-state index in [1.54, 1.807) is 18.9 Å². The lowest BCUT2D eigenvalue weighted by atomic mass is 10.2. The maximum atomic E-state index is 6.37. The molecule has 0 saturated heterocycles. The lowest BCUT2D eigenvalue weighted by Gasteiger charge is -2.03. The van der Waals surface area contributed by atoms with E-state index in [-0.39, 0.29) is 0 Å². The smallest absolute Gasteiger partial charge is 0.156 e. The van der Waals surface area contributed by atoms with E-state index in [4.69, 9.17) is 16.3 Å². The minimum absolute atomic E-state index is 0.669. The monoisotopic (exact) mass is 383 g/mol. The number of hydrogen-bond acceptors (Lipinski definition) is 3. The van der Waals surface area contributed by atoms with Crippen molar-refractivity contribution in [1.82, 2.24) is 14.4 Å². The van der Waals surface area contributed by atoms with Crippen molar-refractivity contribution in [1.29, 1.82) is 0 Å². The van der Waals surface area contributed by atoms with Gasteiger partial charge in [0.2, 0.25) is 0 Å². The van der Waals surface area contributed by atoms with Crippen molar-refractivity contribution in [2.45, 2.75) is 23.8 Å². The van der Waals surface area contributed by atoms with Gasteiger partial charge in [0.15, 0.2) is 5.65 Å². The molecular weight excluding hydrogens is 366 g/mol. The SMILES string of the molecule is COc1ccc(Sc2cc(-c3c(C)nc4c(Cl)cc(C)cn34)c[nH]2)cc1. The van der Waals surface area contributed by atoms with Gasteiger partial charge in [0.1, 0.15) is 5.75 Å². The minimum atomic E-state index is 0.669. The summed E-state index contributed by atoms with van der Waals surface area (Å²) in [4.78, 5) is 9.14. The molecule has 0 atom stereocenters. The second-order valence-corrected chi connectivity index (χ2v) is 7.66. The minimum Gasteiger partial charge on any atom is -0.497 e. The Morgan fingerprint density at radius 3 is 2.65 bits per heavy atom. The Hall–Kier alpha value is -2.37. The summed E-state index contributed by atoms with van der Waals surface area (Å²) in [5.74, 6) is 0.857. The van der Waals surface area contributed by atoms with Gasteiger partial charge in [-0.1, -0.05) is 23.4 Å². The number of rotatable bonds is 4. The molecule has 0 aliphatic rings. The number of aryl methyl sites for hydroxylation is 2. The summed E-state index contributed by atoms with van der Waals surface area (Å²) in [6.07, 6.45) is 4.08. The van der Waals surface area contributed by atoms with E-state index in [9.17, 15) is 0 Å². The van der Waals surface area contributed by atoms with Gasteiger partial charge in [-0.2, -0.15) is 0 Å². The van der Waals surface area contributed by atoms with Gasteiger partial charge in [-0.15, -0.1) is 0 Å². The normalized spacial score (nSPS) is 11.2. The number of imidazole rings is 1. The number of aromatic amines is 1. The third-order valence-corrected chi connectivity index (χ3v) is 5.44. The fourth-order valence-corrected chi connectivity index (χ4v) is 4.17. The number of ether oxygens (including phenoxy) is 1. The zero-order chi connectivity index (χ0) is 18.3. The predicted molar refractivity (Wildman–Crippen MR) is 107 cm³/mol. The Morgan fingerprint density at radius 2 is 1.92 bits per heavy atom. The number of fused-ring (bicyclic) bond motifs is 1. The number of benzene rings is 1. The number of nitrogens with zero attached hydrogens (tertiary/aromatic N) is 2. The third kappa shape index (κ3) is 3.08. The van der Waals surface area contributed by atoms with Crippen LogP contribution >= 0.6 is 23.4 Å². The van der Waals surface area contributed by atoms with Crippen LogP contribution in [0.5, 0.6) is 5.75 Å².